The van der Waals surface area contributed by atoms with E-state index >= 15 is 0 Å². The van der Waals surface area contributed by atoms with Crippen molar-refractivity contribution in [3.8, 4) is 24.3 Å². The minimum absolute atomic E-state index is 0.156. The third-order valence-electron chi connectivity index (χ3n) is 8.16. The van der Waals surface area contributed by atoms with Crippen molar-refractivity contribution in [1.82, 2.24) is 0 Å². The van der Waals surface area contributed by atoms with Gasteiger partial charge in [-0.2, -0.15) is 21.0 Å². The van der Waals surface area contributed by atoms with Gasteiger partial charge in [-0.05, 0) is 83.2 Å². The van der Waals surface area contributed by atoms with E-state index in [4.69, 9.17) is 0 Å². The Morgan fingerprint density at radius 3 is 1.46 bits per heavy atom. The molecule has 7 aromatic rings. The van der Waals surface area contributed by atoms with Gasteiger partial charge >= 0.3 is 0 Å². The highest BCUT2D eigenvalue weighted by molar-refractivity contribution is 6.45. The summed E-state index contributed by atoms with van der Waals surface area (Å²) < 4.78 is 0. The van der Waals surface area contributed by atoms with Crippen LogP contribution in [0.25, 0.3) is 65.0 Å². The first-order chi connectivity index (χ1) is 20.0. The van der Waals surface area contributed by atoms with Crippen molar-refractivity contribution >= 4 is 70.7 Å². The number of hydrogen-bond donors (Lipinski definition) is 0. The molecule has 0 spiro atoms. The number of hydrogen-bond acceptors (Lipinski definition) is 5. The van der Waals surface area contributed by atoms with E-state index in [1.54, 1.807) is 0 Å². The number of rotatable bonds is 4. The quantitative estimate of drug-likeness (QED) is 0.132. The minimum Gasteiger partial charge on any atom is -0.378 e. The highest BCUT2D eigenvalue weighted by Crippen LogP contribution is 2.51. The predicted molar refractivity (Wildman–Crippen MR) is 165 cm³/mol. The molecule has 5 heteroatoms. The highest BCUT2D eigenvalue weighted by atomic mass is 15.1. The fourth-order valence-corrected chi connectivity index (χ4v) is 6.39. The second kappa shape index (κ2) is 8.69. The molecule has 0 bridgehead atoms. The Hall–Kier alpha value is -6.14. The Kier molecular flexibility index (Phi) is 5.07. The van der Waals surface area contributed by atoms with Crippen molar-refractivity contribution < 1.29 is 0 Å². The Morgan fingerprint density at radius 2 is 0.951 bits per heavy atom. The monoisotopic (exact) mass is 521 g/mol. The molecule has 5 nitrogen and oxygen atoms in total. The van der Waals surface area contributed by atoms with E-state index in [9.17, 15) is 21.0 Å². The van der Waals surface area contributed by atoms with Gasteiger partial charge in [0.2, 0.25) is 0 Å². The zero-order valence-corrected chi connectivity index (χ0v) is 22.2. The second-order valence-corrected chi connectivity index (χ2v) is 10.4. The summed E-state index contributed by atoms with van der Waals surface area (Å²) in [5, 5.41) is 51.7. The summed E-state index contributed by atoms with van der Waals surface area (Å²) in [6.45, 7) is 0. The molecule has 0 heterocycles. The third kappa shape index (κ3) is 3.19. The number of benzene rings is 6. The van der Waals surface area contributed by atoms with Gasteiger partial charge in [-0.1, -0.05) is 60.7 Å². The Morgan fingerprint density at radius 1 is 0.512 bits per heavy atom. The van der Waals surface area contributed by atoms with E-state index in [1.165, 1.54) is 10.8 Å². The van der Waals surface area contributed by atoms with Gasteiger partial charge in [-0.3, -0.25) is 0 Å². The molecular formula is C36H19N5. The molecule has 41 heavy (non-hydrogen) atoms. The molecule has 0 amide bonds. The van der Waals surface area contributed by atoms with Gasteiger partial charge in [0.15, 0.2) is 0 Å². The van der Waals surface area contributed by atoms with Crippen LogP contribution in [0, 0.1) is 45.3 Å². The standard InChI is InChI=1S/C36H19N5/c1-41(2)27-12-9-20(10-13-27)30(25(16-37)17-38)31(26(18-39)19-40)29-15-24-8-7-22-4-3-21-5-6-23-11-14-28(29)36-34(23)32(21)33(22)35(24)36/h3-15H,1-2H3. The number of nitrogens with zero attached hydrogens (tertiary/aromatic N) is 5. The molecular weight excluding hydrogens is 502 g/mol. The van der Waals surface area contributed by atoms with Crippen LogP contribution < -0.4 is 4.90 Å². The second-order valence-electron chi connectivity index (χ2n) is 10.4. The number of nitriles is 4. The van der Waals surface area contributed by atoms with Crippen LogP contribution in [0.1, 0.15) is 11.1 Å². The lowest BCUT2D eigenvalue weighted by molar-refractivity contribution is 1.13. The van der Waals surface area contributed by atoms with Crippen molar-refractivity contribution in [2.75, 3.05) is 19.0 Å². The molecule has 0 saturated heterocycles. The molecule has 0 aliphatic rings. The maximum absolute atomic E-state index is 10.2. The summed E-state index contributed by atoms with van der Waals surface area (Å²) in [6.07, 6.45) is 0. The topological polar surface area (TPSA) is 98.4 Å². The van der Waals surface area contributed by atoms with E-state index in [1.807, 2.05) is 67.5 Å². The summed E-state index contributed by atoms with van der Waals surface area (Å²) >= 11 is 0. The molecule has 0 unspecified atom stereocenters. The van der Waals surface area contributed by atoms with Gasteiger partial charge in [0.1, 0.15) is 35.4 Å². The van der Waals surface area contributed by atoms with Crippen LogP contribution in [0.3, 0.4) is 0 Å². The zero-order chi connectivity index (χ0) is 28.4. The van der Waals surface area contributed by atoms with Crippen molar-refractivity contribution in [1.29, 1.82) is 21.0 Å². The molecule has 0 aliphatic heterocycles. The zero-order valence-electron chi connectivity index (χ0n) is 22.2. The van der Waals surface area contributed by atoms with Gasteiger partial charge < -0.3 is 4.90 Å². The van der Waals surface area contributed by atoms with Crippen LogP contribution in [-0.4, -0.2) is 14.1 Å². The van der Waals surface area contributed by atoms with Crippen LogP contribution in [0.5, 0.6) is 0 Å². The SMILES string of the molecule is CN(C)c1ccc(C(=C(C#N)C#N)C(=C(C#N)C#N)c2cc3ccc4ccc5ccc6ccc2c2c6c5c4c32)cc1. The average molecular weight is 522 g/mol. The summed E-state index contributed by atoms with van der Waals surface area (Å²) in [5.74, 6) is 0. The largest absolute Gasteiger partial charge is 0.378 e. The molecule has 0 aromatic heterocycles. The molecule has 0 aliphatic carbocycles. The lowest BCUT2D eigenvalue weighted by atomic mass is 9.83. The molecule has 0 fully saturated rings. The molecule has 0 saturated carbocycles. The summed E-state index contributed by atoms with van der Waals surface area (Å²) in [5.41, 5.74) is 2.41. The Bertz CT molecular complexity index is 2340. The molecule has 188 valence electrons. The average Bonchev–Trinajstić information content (AvgIpc) is 3.38. The highest BCUT2D eigenvalue weighted by Gasteiger charge is 2.27. The van der Waals surface area contributed by atoms with Crippen molar-refractivity contribution in [2.24, 2.45) is 0 Å². The molecule has 0 radical (unpaired) electrons. The van der Waals surface area contributed by atoms with Gasteiger partial charge in [0, 0.05) is 30.9 Å². The normalized spacial score (nSPS) is 11.1. The minimum atomic E-state index is -0.161. The van der Waals surface area contributed by atoms with E-state index in [0.29, 0.717) is 11.1 Å². The summed E-state index contributed by atoms with van der Waals surface area (Å²) in [6, 6.07) is 34.5. The van der Waals surface area contributed by atoms with Crippen LogP contribution >= 0.6 is 0 Å². The van der Waals surface area contributed by atoms with E-state index < -0.39 is 0 Å². The molecule has 7 rings (SSSR count). The first-order valence-electron chi connectivity index (χ1n) is 13.1. The molecule has 0 N–H and O–H groups in total. The summed E-state index contributed by atoms with van der Waals surface area (Å²) in [4.78, 5) is 1.95. The van der Waals surface area contributed by atoms with E-state index in [0.717, 1.165) is 48.8 Å². The van der Waals surface area contributed by atoms with Gasteiger partial charge in [0.25, 0.3) is 0 Å². The maximum Gasteiger partial charge on any atom is 0.138 e. The Balaban J connectivity index is 1.67. The van der Waals surface area contributed by atoms with Crippen LogP contribution in [-0.2, 0) is 0 Å². The van der Waals surface area contributed by atoms with Gasteiger partial charge in [0.05, 0.1) is 0 Å². The molecule has 7 aromatic carbocycles. The fourth-order valence-electron chi connectivity index (χ4n) is 6.39. The fraction of sp³-hybridized carbons (Fsp3) is 0.0556. The lowest BCUT2D eigenvalue weighted by Crippen LogP contribution is -2.08. The predicted octanol–water partition coefficient (Wildman–Crippen LogP) is 8.13. The van der Waals surface area contributed by atoms with Crippen molar-refractivity contribution in [2.45, 2.75) is 0 Å². The first-order valence-corrected chi connectivity index (χ1v) is 13.1. The van der Waals surface area contributed by atoms with Crippen molar-refractivity contribution in [3.63, 3.8) is 0 Å². The first kappa shape index (κ1) is 23.9. The van der Waals surface area contributed by atoms with E-state index in [2.05, 4.69) is 54.6 Å². The van der Waals surface area contributed by atoms with Crippen LogP contribution in [0.2, 0.25) is 0 Å². The third-order valence-corrected chi connectivity index (χ3v) is 8.16. The Labute approximate surface area is 235 Å². The molecule has 0 atom stereocenters. The lowest BCUT2D eigenvalue weighted by Gasteiger charge is -2.19. The maximum atomic E-state index is 10.2. The van der Waals surface area contributed by atoms with Crippen LogP contribution in [0.4, 0.5) is 5.69 Å². The van der Waals surface area contributed by atoms with E-state index in [-0.39, 0.29) is 22.3 Å². The van der Waals surface area contributed by atoms with Gasteiger partial charge in [-0.15, -0.1) is 0 Å². The number of anilines is 1. The smallest absolute Gasteiger partial charge is 0.138 e. The number of allylic oxidation sites excluding steroid dienone is 4. The summed E-state index contributed by atoms with van der Waals surface area (Å²) in [7, 11) is 3.85. The van der Waals surface area contributed by atoms with Gasteiger partial charge in [-0.25, -0.2) is 0 Å². The van der Waals surface area contributed by atoms with Crippen molar-refractivity contribution in [3.05, 3.63) is 101 Å². The van der Waals surface area contributed by atoms with Crippen LogP contribution in [0.15, 0.2) is 90.0 Å².